The van der Waals surface area contributed by atoms with Crippen LogP contribution in [0, 0.1) is 5.92 Å². The first-order valence-electron chi connectivity index (χ1n) is 6.20. The highest BCUT2D eigenvalue weighted by Crippen LogP contribution is 2.24. The molecule has 2 rings (SSSR count). The fraction of sp³-hybridized carbons (Fsp3) is 0.538. The van der Waals surface area contributed by atoms with Crippen molar-refractivity contribution in [2.75, 3.05) is 18.0 Å². The molecule has 0 aliphatic carbocycles. The third-order valence-electron chi connectivity index (χ3n) is 3.54. The van der Waals surface area contributed by atoms with Gasteiger partial charge < -0.3 is 15.1 Å². The molecule has 1 atom stereocenters. The number of carboxylic acids is 1. The Morgan fingerprint density at radius 2 is 2.11 bits per heavy atom. The van der Waals surface area contributed by atoms with Gasteiger partial charge in [-0.25, -0.2) is 9.78 Å². The van der Waals surface area contributed by atoms with Crippen LogP contribution in [0.5, 0.6) is 0 Å². The summed E-state index contributed by atoms with van der Waals surface area (Å²) in [5, 5.41) is 18.3. The van der Waals surface area contributed by atoms with E-state index in [1.807, 2.05) is 6.92 Å². The molecule has 0 aromatic carbocycles. The van der Waals surface area contributed by atoms with Gasteiger partial charge in [-0.2, -0.15) is 0 Å². The van der Waals surface area contributed by atoms with Gasteiger partial charge in [-0.1, -0.05) is 0 Å². The number of rotatable bonds is 3. The molecule has 0 amide bonds. The summed E-state index contributed by atoms with van der Waals surface area (Å²) >= 11 is 0. The minimum absolute atomic E-state index is 0.206. The summed E-state index contributed by atoms with van der Waals surface area (Å²) in [6.45, 7) is 3.55. The van der Waals surface area contributed by atoms with Gasteiger partial charge >= 0.3 is 5.97 Å². The largest absolute Gasteiger partial charge is 0.478 e. The van der Waals surface area contributed by atoms with Crippen LogP contribution in [0.1, 0.15) is 30.1 Å². The number of piperidine rings is 1. The Hall–Kier alpha value is -1.62. The van der Waals surface area contributed by atoms with E-state index in [0.717, 1.165) is 31.7 Å². The minimum Gasteiger partial charge on any atom is -0.478 e. The molecule has 1 aromatic rings. The van der Waals surface area contributed by atoms with E-state index in [4.69, 9.17) is 5.11 Å². The van der Waals surface area contributed by atoms with Crippen LogP contribution >= 0.6 is 0 Å². The molecular formula is C13H18N2O3. The molecule has 0 bridgehead atoms. The quantitative estimate of drug-likeness (QED) is 0.847. The summed E-state index contributed by atoms with van der Waals surface area (Å²) in [7, 11) is 0. The Morgan fingerprint density at radius 1 is 1.44 bits per heavy atom. The number of aromatic carboxylic acids is 1. The Bertz CT molecular complexity index is 409. The van der Waals surface area contributed by atoms with Gasteiger partial charge in [0.15, 0.2) is 0 Å². The molecule has 0 spiro atoms. The van der Waals surface area contributed by atoms with E-state index in [1.54, 1.807) is 12.1 Å². The predicted octanol–water partition coefficient (Wildman–Crippen LogP) is 1.38. The maximum atomic E-state index is 10.7. The molecule has 2 heterocycles. The van der Waals surface area contributed by atoms with Crippen LogP contribution in [0.4, 0.5) is 5.82 Å². The van der Waals surface area contributed by atoms with Gasteiger partial charge in [0.05, 0.1) is 11.7 Å². The highest BCUT2D eigenvalue weighted by atomic mass is 16.4. The lowest BCUT2D eigenvalue weighted by atomic mass is 9.92. The second kappa shape index (κ2) is 5.35. The standard InChI is InChI=1S/C13H18N2O3/c1-9(16)10-4-6-15(7-5-10)12-3-2-11(8-14-12)13(17)18/h2-3,8-10,16H,4-7H2,1H3,(H,17,18). The molecule has 1 aliphatic heterocycles. The number of anilines is 1. The van der Waals surface area contributed by atoms with E-state index in [0.29, 0.717) is 5.92 Å². The Labute approximate surface area is 106 Å². The van der Waals surface area contributed by atoms with E-state index in [9.17, 15) is 9.90 Å². The third kappa shape index (κ3) is 2.79. The Morgan fingerprint density at radius 3 is 2.56 bits per heavy atom. The van der Waals surface area contributed by atoms with E-state index in [-0.39, 0.29) is 11.7 Å². The fourth-order valence-corrected chi connectivity index (χ4v) is 2.31. The highest BCUT2D eigenvalue weighted by molar-refractivity contribution is 5.87. The lowest BCUT2D eigenvalue weighted by Gasteiger charge is -2.34. The summed E-state index contributed by atoms with van der Waals surface area (Å²) in [5.74, 6) is 0.213. The van der Waals surface area contributed by atoms with Crippen molar-refractivity contribution in [2.45, 2.75) is 25.9 Å². The Balaban J connectivity index is 1.99. The van der Waals surface area contributed by atoms with Crippen LogP contribution in [0.2, 0.25) is 0 Å². The summed E-state index contributed by atoms with van der Waals surface area (Å²) < 4.78 is 0. The first kappa shape index (κ1) is 12.8. The molecule has 98 valence electrons. The summed E-state index contributed by atoms with van der Waals surface area (Å²) in [5.41, 5.74) is 0.206. The van der Waals surface area contributed by atoms with Gasteiger partial charge in [0, 0.05) is 19.3 Å². The predicted molar refractivity (Wildman–Crippen MR) is 67.8 cm³/mol. The average Bonchev–Trinajstić information content (AvgIpc) is 2.39. The van der Waals surface area contributed by atoms with Gasteiger partial charge in [-0.3, -0.25) is 0 Å². The molecule has 0 radical (unpaired) electrons. The summed E-state index contributed by atoms with van der Waals surface area (Å²) in [6.07, 6.45) is 3.02. The molecule has 1 saturated heterocycles. The van der Waals surface area contributed by atoms with Crippen LogP contribution in [-0.4, -0.2) is 40.4 Å². The van der Waals surface area contributed by atoms with Crippen molar-refractivity contribution in [3.05, 3.63) is 23.9 Å². The van der Waals surface area contributed by atoms with Crippen molar-refractivity contribution in [1.82, 2.24) is 4.98 Å². The zero-order valence-electron chi connectivity index (χ0n) is 10.4. The first-order valence-corrected chi connectivity index (χ1v) is 6.20. The van der Waals surface area contributed by atoms with Crippen molar-refractivity contribution in [3.8, 4) is 0 Å². The van der Waals surface area contributed by atoms with Crippen LogP contribution in [-0.2, 0) is 0 Å². The second-order valence-electron chi connectivity index (χ2n) is 4.78. The number of nitrogens with zero attached hydrogens (tertiary/aromatic N) is 2. The van der Waals surface area contributed by atoms with Crippen LogP contribution in [0.15, 0.2) is 18.3 Å². The topological polar surface area (TPSA) is 73.7 Å². The van der Waals surface area contributed by atoms with Crippen molar-refractivity contribution < 1.29 is 15.0 Å². The van der Waals surface area contributed by atoms with E-state index >= 15 is 0 Å². The number of pyridine rings is 1. The number of aromatic nitrogens is 1. The molecule has 1 aromatic heterocycles. The third-order valence-corrected chi connectivity index (χ3v) is 3.54. The molecule has 5 nitrogen and oxygen atoms in total. The first-order chi connectivity index (χ1) is 8.58. The van der Waals surface area contributed by atoms with Crippen LogP contribution in [0.3, 0.4) is 0 Å². The zero-order valence-corrected chi connectivity index (χ0v) is 10.4. The van der Waals surface area contributed by atoms with Crippen molar-refractivity contribution in [1.29, 1.82) is 0 Å². The fourth-order valence-electron chi connectivity index (χ4n) is 2.31. The zero-order chi connectivity index (χ0) is 13.1. The molecule has 1 fully saturated rings. The number of carboxylic acid groups (broad SMARTS) is 1. The molecule has 2 N–H and O–H groups in total. The number of hydrogen-bond acceptors (Lipinski definition) is 4. The summed E-state index contributed by atoms with van der Waals surface area (Å²) in [6, 6.07) is 3.32. The Kier molecular flexibility index (Phi) is 3.81. The van der Waals surface area contributed by atoms with Crippen molar-refractivity contribution in [2.24, 2.45) is 5.92 Å². The second-order valence-corrected chi connectivity index (χ2v) is 4.78. The maximum Gasteiger partial charge on any atom is 0.337 e. The van der Waals surface area contributed by atoms with Gasteiger partial charge in [0.2, 0.25) is 0 Å². The van der Waals surface area contributed by atoms with E-state index in [2.05, 4.69) is 9.88 Å². The van der Waals surface area contributed by atoms with Gasteiger partial charge in [-0.05, 0) is 37.8 Å². The summed E-state index contributed by atoms with van der Waals surface area (Å²) in [4.78, 5) is 17.0. The lowest BCUT2D eigenvalue weighted by molar-refractivity contribution is 0.0696. The average molecular weight is 250 g/mol. The number of aliphatic hydroxyl groups is 1. The normalized spacial score (nSPS) is 18.7. The molecule has 1 unspecified atom stereocenters. The smallest absolute Gasteiger partial charge is 0.337 e. The van der Waals surface area contributed by atoms with E-state index in [1.165, 1.54) is 6.20 Å². The number of carbonyl (C=O) groups is 1. The maximum absolute atomic E-state index is 10.7. The molecular weight excluding hydrogens is 232 g/mol. The van der Waals surface area contributed by atoms with Gasteiger partial charge in [0.25, 0.3) is 0 Å². The number of hydrogen-bond donors (Lipinski definition) is 2. The molecule has 1 aliphatic rings. The number of aliphatic hydroxyl groups excluding tert-OH is 1. The SMILES string of the molecule is CC(O)C1CCN(c2ccc(C(=O)O)cn2)CC1. The van der Waals surface area contributed by atoms with Crippen LogP contribution in [0.25, 0.3) is 0 Å². The molecule has 0 saturated carbocycles. The minimum atomic E-state index is -0.957. The molecule has 5 heteroatoms. The van der Waals surface area contributed by atoms with Crippen molar-refractivity contribution in [3.63, 3.8) is 0 Å². The highest BCUT2D eigenvalue weighted by Gasteiger charge is 2.23. The van der Waals surface area contributed by atoms with Crippen LogP contribution < -0.4 is 4.90 Å². The monoisotopic (exact) mass is 250 g/mol. The van der Waals surface area contributed by atoms with Gasteiger partial charge in [0.1, 0.15) is 5.82 Å². The molecule has 18 heavy (non-hydrogen) atoms. The van der Waals surface area contributed by atoms with Gasteiger partial charge in [-0.15, -0.1) is 0 Å². The van der Waals surface area contributed by atoms with Crippen molar-refractivity contribution >= 4 is 11.8 Å². The lowest BCUT2D eigenvalue weighted by Crippen LogP contribution is -2.37. The van der Waals surface area contributed by atoms with E-state index < -0.39 is 5.97 Å².